The first-order chi connectivity index (χ1) is 13.6. The van der Waals surface area contributed by atoms with Gasteiger partial charge in [-0.2, -0.15) is 0 Å². The summed E-state index contributed by atoms with van der Waals surface area (Å²) in [6.45, 7) is 10.3. The molecule has 0 bridgehead atoms. The molecule has 0 radical (unpaired) electrons. The van der Waals surface area contributed by atoms with Crippen molar-refractivity contribution >= 4 is 23.2 Å². The Hall–Kier alpha value is -3.04. The second-order valence-electron chi connectivity index (χ2n) is 6.62. The summed E-state index contributed by atoms with van der Waals surface area (Å²) in [6, 6.07) is 18.5. The van der Waals surface area contributed by atoms with E-state index in [-0.39, 0.29) is 0 Å². The molecule has 28 heavy (non-hydrogen) atoms. The first-order valence-electron chi connectivity index (χ1n) is 9.14. The van der Waals surface area contributed by atoms with Crippen molar-refractivity contribution in [1.82, 2.24) is 4.72 Å². The van der Waals surface area contributed by atoms with Gasteiger partial charge in [-0.1, -0.05) is 79.4 Å². The van der Waals surface area contributed by atoms with Gasteiger partial charge in [0.2, 0.25) is 0 Å². The summed E-state index contributed by atoms with van der Waals surface area (Å²) in [4.78, 5) is 1.11. The lowest BCUT2D eigenvalue weighted by molar-refractivity contribution is 1.23. The number of hydrogen-bond donors (Lipinski definition) is 2. The molecule has 0 amide bonds. The van der Waals surface area contributed by atoms with Crippen molar-refractivity contribution in [2.24, 2.45) is 0 Å². The van der Waals surface area contributed by atoms with Crippen LogP contribution in [0.15, 0.2) is 114 Å². The predicted octanol–water partition coefficient (Wildman–Crippen LogP) is 6.65. The maximum absolute atomic E-state index is 8.66. The van der Waals surface area contributed by atoms with E-state index in [0.717, 1.165) is 32.9 Å². The molecule has 2 aromatic rings. The SMILES string of the molecule is C=C/C(CC(=C)c1ccccc1)=C1/C=CC=C(NSc2ccc(C)cc2)C1=N. The maximum atomic E-state index is 8.66. The van der Waals surface area contributed by atoms with E-state index in [0.29, 0.717) is 12.1 Å². The Kier molecular flexibility index (Phi) is 6.51. The topological polar surface area (TPSA) is 35.9 Å². The molecule has 0 spiro atoms. The fourth-order valence-corrected chi connectivity index (χ4v) is 3.58. The van der Waals surface area contributed by atoms with Crippen molar-refractivity contribution in [3.8, 4) is 0 Å². The molecule has 3 rings (SSSR count). The smallest absolute Gasteiger partial charge is 0.0854 e. The lowest BCUT2D eigenvalue weighted by atomic mass is 9.91. The second-order valence-corrected chi connectivity index (χ2v) is 7.50. The Labute approximate surface area is 171 Å². The fraction of sp³-hybridized carbons (Fsp3) is 0.0800. The molecule has 0 saturated carbocycles. The molecule has 0 fully saturated rings. The Bertz CT molecular complexity index is 977. The standard InChI is InChI=1S/C25H24N2S/c1-4-20(17-19(3)21-9-6-5-7-10-21)23-11-8-12-24(25(23)26)27-28-22-15-13-18(2)14-16-22/h4-16,26-27H,1,3,17H2,2H3/b23-20+,26-25?. The molecular formula is C25H24N2S. The molecule has 1 aliphatic rings. The molecule has 2 aromatic carbocycles. The van der Waals surface area contributed by atoms with Crippen molar-refractivity contribution in [1.29, 1.82) is 5.41 Å². The number of hydrogen-bond acceptors (Lipinski definition) is 3. The van der Waals surface area contributed by atoms with Gasteiger partial charge in [-0.05, 0) is 60.2 Å². The zero-order valence-electron chi connectivity index (χ0n) is 16.0. The molecule has 0 atom stereocenters. The summed E-state index contributed by atoms with van der Waals surface area (Å²) >= 11 is 1.51. The number of benzene rings is 2. The summed E-state index contributed by atoms with van der Waals surface area (Å²) < 4.78 is 3.31. The van der Waals surface area contributed by atoms with Crippen LogP contribution in [0.1, 0.15) is 17.5 Å². The molecule has 0 heterocycles. The first kappa shape index (κ1) is 19.7. The highest BCUT2D eigenvalue weighted by atomic mass is 32.2. The zero-order valence-corrected chi connectivity index (χ0v) is 16.9. The molecule has 3 heteroatoms. The van der Waals surface area contributed by atoms with E-state index in [4.69, 9.17) is 5.41 Å². The van der Waals surface area contributed by atoms with Crippen LogP contribution in [0.4, 0.5) is 0 Å². The van der Waals surface area contributed by atoms with Crippen molar-refractivity contribution in [3.05, 3.63) is 120 Å². The highest BCUT2D eigenvalue weighted by molar-refractivity contribution is 7.97. The van der Waals surface area contributed by atoms with Gasteiger partial charge in [-0.3, -0.25) is 5.41 Å². The minimum atomic E-state index is 0.470. The van der Waals surface area contributed by atoms with Crippen LogP contribution in [0, 0.1) is 12.3 Å². The van der Waals surface area contributed by atoms with E-state index in [1.165, 1.54) is 17.5 Å². The Morgan fingerprint density at radius 3 is 2.50 bits per heavy atom. The molecule has 2 N–H and O–H groups in total. The summed E-state index contributed by atoms with van der Waals surface area (Å²) in [7, 11) is 0. The average Bonchev–Trinajstić information content (AvgIpc) is 2.73. The van der Waals surface area contributed by atoms with Gasteiger partial charge in [0.1, 0.15) is 0 Å². The lowest BCUT2D eigenvalue weighted by Crippen LogP contribution is -2.18. The third-order valence-electron chi connectivity index (χ3n) is 4.54. The largest absolute Gasteiger partial charge is 0.324 e. The molecular weight excluding hydrogens is 360 g/mol. The Morgan fingerprint density at radius 2 is 1.82 bits per heavy atom. The molecule has 0 unspecified atom stereocenters. The molecule has 2 nitrogen and oxygen atoms in total. The molecule has 140 valence electrons. The minimum Gasteiger partial charge on any atom is -0.324 e. The summed E-state index contributed by atoms with van der Waals surface area (Å²) in [5.41, 5.74) is 6.49. The van der Waals surface area contributed by atoms with Crippen molar-refractivity contribution in [2.45, 2.75) is 18.2 Å². The molecule has 0 aliphatic heterocycles. The van der Waals surface area contributed by atoms with E-state index in [1.807, 2.05) is 42.5 Å². The van der Waals surface area contributed by atoms with E-state index in [1.54, 1.807) is 0 Å². The number of rotatable bonds is 7. The number of aryl methyl sites for hydroxylation is 1. The van der Waals surface area contributed by atoms with E-state index in [9.17, 15) is 0 Å². The normalized spacial score (nSPS) is 15.0. The van der Waals surface area contributed by atoms with Gasteiger partial charge >= 0.3 is 0 Å². The van der Waals surface area contributed by atoms with E-state index in [2.05, 4.69) is 61.2 Å². The third-order valence-corrected chi connectivity index (χ3v) is 5.37. The second kappa shape index (κ2) is 9.25. The summed E-state index contributed by atoms with van der Waals surface area (Å²) in [5, 5.41) is 8.66. The van der Waals surface area contributed by atoms with E-state index >= 15 is 0 Å². The van der Waals surface area contributed by atoms with Gasteiger partial charge in [0.25, 0.3) is 0 Å². The molecule has 0 aromatic heterocycles. The van der Waals surface area contributed by atoms with Crippen LogP contribution in [0.25, 0.3) is 5.57 Å². The third kappa shape index (κ3) is 4.81. The monoisotopic (exact) mass is 384 g/mol. The summed E-state index contributed by atoms with van der Waals surface area (Å²) in [6.07, 6.45) is 8.37. The summed E-state index contributed by atoms with van der Waals surface area (Å²) in [5.74, 6) is 0. The van der Waals surface area contributed by atoms with Crippen LogP contribution < -0.4 is 4.72 Å². The van der Waals surface area contributed by atoms with Crippen LogP contribution in [-0.4, -0.2) is 5.71 Å². The van der Waals surface area contributed by atoms with Crippen molar-refractivity contribution in [2.75, 3.05) is 0 Å². The number of allylic oxidation sites excluding steroid dienone is 7. The van der Waals surface area contributed by atoms with Crippen LogP contribution in [0.2, 0.25) is 0 Å². The quantitative estimate of drug-likeness (QED) is 0.524. The van der Waals surface area contributed by atoms with Crippen LogP contribution in [0.3, 0.4) is 0 Å². The van der Waals surface area contributed by atoms with Gasteiger partial charge in [0.05, 0.1) is 11.4 Å². The van der Waals surface area contributed by atoms with Gasteiger partial charge in [-0.15, -0.1) is 0 Å². The zero-order chi connectivity index (χ0) is 19.9. The highest BCUT2D eigenvalue weighted by Crippen LogP contribution is 2.27. The van der Waals surface area contributed by atoms with Crippen molar-refractivity contribution < 1.29 is 0 Å². The predicted molar refractivity (Wildman–Crippen MR) is 122 cm³/mol. The molecule has 0 saturated heterocycles. The maximum Gasteiger partial charge on any atom is 0.0854 e. The van der Waals surface area contributed by atoms with Gasteiger partial charge in [-0.25, -0.2) is 0 Å². The Balaban J connectivity index is 1.74. The van der Waals surface area contributed by atoms with Crippen LogP contribution in [-0.2, 0) is 0 Å². The molecule has 1 aliphatic carbocycles. The highest BCUT2D eigenvalue weighted by Gasteiger charge is 2.16. The first-order valence-corrected chi connectivity index (χ1v) is 9.96. The Morgan fingerprint density at radius 1 is 1.11 bits per heavy atom. The van der Waals surface area contributed by atoms with Gasteiger partial charge < -0.3 is 4.72 Å². The lowest BCUT2D eigenvalue weighted by Gasteiger charge is -2.18. The van der Waals surface area contributed by atoms with Gasteiger partial charge in [0, 0.05) is 10.5 Å². The van der Waals surface area contributed by atoms with Crippen molar-refractivity contribution in [3.63, 3.8) is 0 Å². The van der Waals surface area contributed by atoms with Gasteiger partial charge in [0.15, 0.2) is 0 Å². The van der Waals surface area contributed by atoms with Crippen LogP contribution >= 0.6 is 11.9 Å². The number of nitrogens with one attached hydrogen (secondary N) is 2. The van der Waals surface area contributed by atoms with E-state index < -0.39 is 0 Å². The fourth-order valence-electron chi connectivity index (χ4n) is 2.91. The van der Waals surface area contributed by atoms with Crippen LogP contribution in [0.5, 0.6) is 0 Å². The average molecular weight is 385 g/mol. The minimum absolute atomic E-state index is 0.470.